The van der Waals surface area contributed by atoms with Crippen LogP contribution in [0.2, 0.25) is 0 Å². The summed E-state index contributed by atoms with van der Waals surface area (Å²) in [4.78, 5) is 4.87. The molecule has 0 aliphatic heterocycles. The first-order valence-electron chi connectivity index (χ1n) is 17.8. The van der Waals surface area contributed by atoms with Gasteiger partial charge in [-0.2, -0.15) is 5.26 Å². The van der Waals surface area contributed by atoms with Gasteiger partial charge < -0.3 is 8.98 Å². The van der Waals surface area contributed by atoms with Gasteiger partial charge in [0.05, 0.1) is 22.3 Å². The van der Waals surface area contributed by atoms with E-state index in [1.807, 2.05) is 12.3 Å². The fourth-order valence-electron chi connectivity index (χ4n) is 7.31. The van der Waals surface area contributed by atoms with Gasteiger partial charge in [0.25, 0.3) is 0 Å². The Morgan fingerprint density at radius 3 is 1.84 bits per heavy atom. The first-order chi connectivity index (χ1) is 23.3. The molecule has 0 saturated heterocycles. The van der Waals surface area contributed by atoms with Gasteiger partial charge in [0, 0.05) is 33.3 Å². The van der Waals surface area contributed by atoms with E-state index >= 15 is 0 Å². The first-order valence-corrected chi connectivity index (χ1v) is 17.8. The normalized spacial score (nSPS) is 13.2. The summed E-state index contributed by atoms with van der Waals surface area (Å²) in [5.74, 6) is 0. The zero-order valence-electron chi connectivity index (χ0n) is 31.8. The van der Waals surface area contributed by atoms with Gasteiger partial charge in [-0.25, -0.2) is 0 Å². The highest BCUT2D eigenvalue weighted by Gasteiger charge is 2.28. The minimum absolute atomic E-state index is 0.0113. The topological polar surface area (TPSA) is 54.8 Å². The van der Waals surface area contributed by atoms with E-state index in [1.54, 1.807) is 0 Å². The van der Waals surface area contributed by atoms with Gasteiger partial charge in [0.2, 0.25) is 0 Å². The van der Waals surface area contributed by atoms with Crippen LogP contribution in [0.25, 0.3) is 60.7 Å². The van der Waals surface area contributed by atoms with Gasteiger partial charge in [-0.3, -0.25) is 4.98 Å². The predicted molar refractivity (Wildman–Crippen MR) is 211 cm³/mol. The molecule has 0 unspecified atom stereocenters. The lowest BCUT2D eigenvalue weighted by molar-refractivity contribution is 0.589. The van der Waals surface area contributed by atoms with Crippen LogP contribution in [0, 0.1) is 11.3 Å². The molecule has 0 fully saturated rings. The first kappa shape index (κ1) is 33.6. The third kappa shape index (κ3) is 5.39. The zero-order valence-corrected chi connectivity index (χ0v) is 31.8. The number of benzene rings is 4. The van der Waals surface area contributed by atoms with E-state index in [9.17, 15) is 5.26 Å². The number of nitriles is 1. The van der Waals surface area contributed by atoms with Crippen molar-refractivity contribution in [3.8, 4) is 23.0 Å². The molecule has 7 aromatic rings. The summed E-state index contributed by atoms with van der Waals surface area (Å²) in [6, 6.07) is 28.9. The minimum Gasteiger partial charge on any atom is -0.453 e. The molecule has 0 atom stereocenters. The molecule has 7 rings (SSSR count). The standard InChI is InChI=1S/C46H49N3O/c1-43(2,3)28-15-20-37-34(23-28)31-17-14-29(44(4,5)6)25-38(31)49(37)40-27(26-47)13-16-33-39-35(46(10,11)12)19-18-32(41(39)50-42(33)40)36-24-30(21-22-48-36)45(7,8)9/h13-25H,1-12H3. The largest absolute Gasteiger partial charge is 0.453 e. The van der Waals surface area contributed by atoms with E-state index in [-0.39, 0.29) is 21.7 Å². The molecule has 0 saturated carbocycles. The summed E-state index contributed by atoms with van der Waals surface area (Å²) in [6.07, 6.45) is 1.90. The summed E-state index contributed by atoms with van der Waals surface area (Å²) < 4.78 is 9.44. The average molecular weight is 660 g/mol. The molecule has 254 valence electrons. The molecule has 0 amide bonds. The van der Waals surface area contributed by atoms with Crippen molar-refractivity contribution >= 4 is 43.7 Å². The van der Waals surface area contributed by atoms with E-state index < -0.39 is 0 Å². The summed E-state index contributed by atoms with van der Waals surface area (Å²) in [6.45, 7) is 26.9. The number of hydrogen-bond donors (Lipinski definition) is 0. The quantitative estimate of drug-likeness (QED) is 0.186. The third-order valence-corrected chi connectivity index (χ3v) is 10.3. The third-order valence-electron chi connectivity index (χ3n) is 10.3. The van der Waals surface area contributed by atoms with Crippen LogP contribution in [-0.4, -0.2) is 9.55 Å². The Morgan fingerprint density at radius 2 is 1.20 bits per heavy atom. The van der Waals surface area contributed by atoms with Crippen LogP contribution in [0.15, 0.2) is 83.4 Å². The van der Waals surface area contributed by atoms with Gasteiger partial charge in [0.1, 0.15) is 17.3 Å². The van der Waals surface area contributed by atoms with Crippen molar-refractivity contribution in [1.82, 2.24) is 9.55 Å². The zero-order chi connectivity index (χ0) is 36.1. The average Bonchev–Trinajstić information content (AvgIpc) is 3.57. The number of furan rings is 1. The second kappa shape index (κ2) is 11.1. The van der Waals surface area contributed by atoms with Gasteiger partial charge in [-0.05, 0) is 92.4 Å². The van der Waals surface area contributed by atoms with Crippen molar-refractivity contribution in [2.24, 2.45) is 0 Å². The smallest absolute Gasteiger partial charge is 0.160 e. The van der Waals surface area contributed by atoms with E-state index in [2.05, 4.69) is 160 Å². The van der Waals surface area contributed by atoms with Crippen molar-refractivity contribution < 1.29 is 4.42 Å². The summed E-state index contributed by atoms with van der Waals surface area (Å²) in [5.41, 5.74) is 11.5. The van der Waals surface area contributed by atoms with Crippen molar-refractivity contribution in [3.63, 3.8) is 0 Å². The molecule has 4 aromatic carbocycles. The van der Waals surface area contributed by atoms with Crippen LogP contribution < -0.4 is 0 Å². The summed E-state index contributed by atoms with van der Waals surface area (Å²) in [7, 11) is 0. The fourth-order valence-corrected chi connectivity index (χ4v) is 7.31. The highest BCUT2D eigenvalue weighted by molar-refractivity contribution is 6.16. The molecule has 0 bridgehead atoms. The molecule has 4 heteroatoms. The number of nitrogens with zero attached hydrogens (tertiary/aromatic N) is 3. The fraction of sp³-hybridized carbons (Fsp3) is 0.348. The molecule has 4 nitrogen and oxygen atoms in total. The predicted octanol–water partition coefficient (Wildman–Crippen LogP) is 12.8. The van der Waals surface area contributed by atoms with E-state index in [0.717, 1.165) is 49.7 Å². The number of hydrogen-bond acceptors (Lipinski definition) is 3. The molecule has 0 N–H and O–H groups in total. The van der Waals surface area contributed by atoms with E-state index in [4.69, 9.17) is 9.40 Å². The van der Waals surface area contributed by atoms with Gasteiger partial charge in [0.15, 0.2) is 5.58 Å². The maximum atomic E-state index is 10.7. The Labute approximate surface area is 296 Å². The van der Waals surface area contributed by atoms with Crippen molar-refractivity contribution in [2.75, 3.05) is 0 Å². The Balaban J connectivity index is 1.66. The molecule has 3 aromatic heterocycles. The van der Waals surface area contributed by atoms with Gasteiger partial charge in [-0.15, -0.1) is 0 Å². The maximum Gasteiger partial charge on any atom is 0.160 e. The van der Waals surface area contributed by atoms with Crippen LogP contribution in [0.1, 0.15) is 111 Å². The van der Waals surface area contributed by atoms with Crippen molar-refractivity contribution in [3.05, 3.63) is 107 Å². The molecular weight excluding hydrogens is 611 g/mol. The minimum atomic E-state index is -0.153. The number of pyridine rings is 1. The molecule has 0 radical (unpaired) electrons. The van der Waals surface area contributed by atoms with Crippen LogP contribution in [-0.2, 0) is 21.7 Å². The molecule has 0 spiro atoms. The monoisotopic (exact) mass is 659 g/mol. The molecule has 0 aliphatic rings. The number of fused-ring (bicyclic) bond motifs is 6. The SMILES string of the molecule is CC(C)(C)c1ccnc(-c2ccc(C(C)(C)C)c3c2oc2c(-n4c5ccc(C(C)(C)C)cc5c5ccc(C(C)(C)C)cc54)c(C#N)ccc23)c1. The highest BCUT2D eigenvalue weighted by Crippen LogP contribution is 2.46. The lowest BCUT2D eigenvalue weighted by Gasteiger charge is -2.22. The molecule has 3 heterocycles. The lowest BCUT2D eigenvalue weighted by Crippen LogP contribution is -2.12. The van der Waals surface area contributed by atoms with Gasteiger partial charge >= 0.3 is 0 Å². The van der Waals surface area contributed by atoms with Gasteiger partial charge in [-0.1, -0.05) is 107 Å². The lowest BCUT2D eigenvalue weighted by atomic mass is 9.82. The second-order valence-electron chi connectivity index (χ2n) is 18.1. The van der Waals surface area contributed by atoms with E-state index in [0.29, 0.717) is 11.1 Å². The van der Waals surface area contributed by atoms with Crippen molar-refractivity contribution in [1.29, 1.82) is 5.26 Å². The van der Waals surface area contributed by atoms with Crippen LogP contribution >= 0.6 is 0 Å². The number of rotatable bonds is 2. The molecule has 50 heavy (non-hydrogen) atoms. The van der Waals surface area contributed by atoms with Crippen LogP contribution in [0.3, 0.4) is 0 Å². The van der Waals surface area contributed by atoms with Crippen molar-refractivity contribution in [2.45, 2.75) is 105 Å². The van der Waals surface area contributed by atoms with E-state index in [1.165, 1.54) is 27.6 Å². The Morgan fingerprint density at radius 1 is 0.580 bits per heavy atom. The summed E-state index contributed by atoms with van der Waals surface area (Å²) >= 11 is 0. The Kier molecular flexibility index (Phi) is 7.43. The Hall–Kier alpha value is -4.88. The molecule has 0 aliphatic carbocycles. The highest BCUT2D eigenvalue weighted by atomic mass is 16.3. The second-order valence-corrected chi connectivity index (χ2v) is 18.1. The van der Waals surface area contributed by atoms with Crippen LogP contribution in [0.4, 0.5) is 0 Å². The number of aromatic nitrogens is 2. The molecular formula is C46H49N3O. The van der Waals surface area contributed by atoms with Crippen LogP contribution in [0.5, 0.6) is 0 Å². The Bertz CT molecular complexity index is 2520. The maximum absolute atomic E-state index is 10.7. The summed E-state index contributed by atoms with van der Waals surface area (Å²) in [5, 5.41) is 15.1.